The Kier molecular flexibility index (Phi) is 4.05. The maximum atomic E-state index is 11.7. The molecule has 0 heterocycles. The lowest BCUT2D eigenvalue weighted by Gasteiger charge is -2.20. The number of aryl methyl sites for hydroxylation is 2. The average Bonchev–Trinajstić information content (AvgIpc) is 2.37. The molecule has 2 nitrogen and oxygen atoms in total. The van der Waals surface area contributed by atoms with Crippen LogP contribution in [0.1, 0.15) is 56.3 Å². The summed E-state index contributed by atoms with van der Waals surface area (Å²) in [7, 11) is 0. The Bertz CT molecular complexity index is 437. The van der Waals surface area contributed by atoms with Gasteiger partial charge in [-0.2, -0.15) is 0 Å². The Morgan fingerprint density at radius 2 is 1.78 bits per heavy atom. The van der Waals surface area contributed by atoms with Gasteiger partial charge in [0, 0.05) is 5.92 Å². The largest absolute Gasteiger partial charge is 0.349 e. The molecule has 1 N–H and O–H groups in total. The van der Waals surface area contributed by atoms with E-state index in [2.05, 4.69) is 30.4 Å². The number of hydrogen-bond acceptors (Lipinski definition) is 1. The summed E-state index contributed by atoms with van der Waals surface area (Å²) in [4.78, 5) is 11.7. The van der Waals surface area contributed by atoms with Crippen LogP contribution >= 0.6 is 0 Å². The van der Waals surface area contributed by atoms with Crippen molar-refractivity contribution in [3.05, 3.63) is 34.9 Å². The zero-order chi connectivity index (χ0) is 13.1. The number of benzene rings is 1. The molecule has 0 radical (unpaired) electrons. The van der Waals surface area contributed by atoms with Crippen LogP contribution in [0.4, 0.5) is 0 Å². The first-order chi connectivity index (χ1) is 8.58. The van der Waals surface area contributed by atoms with E-state index in [1.165, 1.54) is 42.4 Å². The lowest BCUT2D eigenvalue weighted by molar-refractivity contribution is -0.124. The molecule has 1 aliphatic rings. The standard InChI is InChI=1S/C16H23NO/c1-11(2)16(18)17-12(3)14-9-8-13-6-4-5-7-15(13)10-14/h8-12H,4-7H2,1-3H3,(H,17,18)/t12-/m0/s1. The van der Waals surface area contributed by atoms with E-state index in [1.807, 2.05) is 13.8 Å². The van der Waals surface area contributed by atoms with Gasteiger partial charge in [0.25, 0.3) is 0 Å². The minimum Gasteiger partial charge on any atom is -0.349 e. The highest BCUT2D eigenvalue weighted by Gasteiger charge is 2.15. The molecule has 0 bridgehead atoms. The Hall–Kier alpha value is -1.31. The molecule has 18 heavy (non-hydrogen) atoms. The molecule has 1 aromatic carbocycles. The van der Waals surface area contributed by atoms with Crippen molar-refractivity contribution in [1.82, 2.24) is 5.32 Å². The van der Waals surface area contributed by atoms with Crippen LogP contribution in [-0.4, -0.2) is 5.91 Å². The quantitative estimate of drug-likeness (QED) is 0.869. The molecule has 1 atom stereocenters. The molecule has 0 unspecified atom stereocenters. The van der Waals surface area contributed by atoms with Gasteiger partial charge in [-0.1, -0.05) is 32.0 Å². The number of nitrogens with one attached hydrogen (secondary N) is 1. The molecule has 0 saturated heterocycles. The van der Waals surface area contributed by atoms with Crippen molar-refractivity contribution in [1.29, 1.82) is 0 Å². The van der Waals surface area contributed by atoms with E-state index in [1.54, 1.807) is 0 Å². The molecule has 98 valence electrons. The monoisotopic (exact) mass is 245 g/mol. The van der Waals surface area contributed by atoms with Crippen LogP contribution < -0.4 is 5.32 Å². The SMILES string of the molecule is CC(C)C(=O)N[C@@H](C)c1ccc2c(c1)CCCC2. The van der Waals surface area contributed by atoms with Gasteiger partial charge in [0.2, 0.25) is 5.91 Å². The van der Waals surface area contributed by atoms with Crippen LogP contribution in [0.5, 0.6) is 0 Å². The summed E-state index contributed by atoms with van der Waals surface area (Å²) in [6.45, 7) is 5.91. The van der Waals surface area contributed by atoms with Crippen molar-refractivity contribution in [3.63, 3.8) is 0 Å². The fourth-order valence-electron chi connectivity index (χ4n) is 2.49. The van der Waals surface area contributed by atoms with Gasteiger partial charge in [0.05, 0.1) is 6.04 Å². The third kappa shape index (κ3) is 2.92. The fourth-order valence-corrected chi connectivity index (χ4v) is 2.49. The summed E-state index contributed by atoms with van der Waals surface area (Å²) in [5.41, 5.74) is 4.20. The summed E-state index contributed by atoms with van der Waals surface area (Å²) in [6, 6.07) is 6.78. The molecule has 1 amide bonds. The predicted molar refractivity (Wildman–Crippen MR) is 74.5 cm³/mol. The van der Waals surface area contributed by atoms with Gasteiger partial charge in [-0.25, -0.2) is 0 Å². The van der Waals surface area contributed by atoms with E-state index < -0.39 is 0 Å². The van der Waals surface area contributed by atoms with Crippen LogP contribution in [0.25, 0.3) is 0 Å². The van der Waals surface area contributed by atoms with E-state index in [-0.39, 0.29) is 17.9 Å². The molecule has 0 aromatic heterocycles. The lowest BCUT2D eigenvalue weighted by Crippen LogP contribution is -2.30. The summed E-state index contributed by atoms with van der Waals surface area (Å²) < 4.78 is 0. The number of hydrogen-bond donors (Lipinski definition) is 1. The van der Waals surface area contributed by atoms with Gasteiger partial charge in [-0.3, -0.25) is 4.79 Å². The summed E-state index contributed by atoms with van der Waals surface area (Å²) in [5, 5.41) is 3.06. The lowest BCUT2D eigenvalue weighted by atomic mass is 9.89. The first kappa shape index (κ1) is 13.1. The number of fused-ring (bicyclic) bond motifs is 1. The van der Waals surface area contributed by atoms with E-state index >= 15 is 0 Å². The van der Waals surface area contributed by atoms with E-state index in [4.69, 9.17) is 0 Å². The van der Waals surface area contributed by atoms with Crippen molar-refractivity contribution in [2.24, 2.45) is 5.92 Å². The van der Waals surface area contributed by atoms with Crippen molar-refractivity contribution in [2.45, 2.75) is 52.5 Å². The molecule has 0 aliphatic heterocycles. The maximum Gasteiger partial charge on any atom is 0.223 e. The minimum absolute atomic E-state index is 0.0464. The minimum atomic E-state index is 0.0464. The summed E-state index contributed by atoms with van der Waals surface area (Å²) in [6.07, 6.45) is 5.01. The van der Waals surface area contributed by atoms with Crippen LogP contribution in [0.15, 0.2) is 18.2 Å². The Balaban J connectivity index is 2.11. The Labute approximate surface area is 110 Å². The summed E-state index contributed by atoms with van der Waals surface area (Å²) >= 11 is 0. The van der Waals surface area contributed by atoms with Crippen LogP contribution in [-0.2, 0) is 17.6 Å². The summed E-state index contributed by atoms with van der Waals surface area (Å²) in [5.74, 6) is 0.172. The number of carbonyl (C=O) groups excluding carboxylic acids is 1. The Morgan fingerprint density at radius 1 is 1.11 bits per heavy atom. The molecule has 1 aromatic rings. The van der Waals surface area contributed by atoms with Gasteiger partial charge >= 0.3 is 0 Å². The second kappa shape index (κ2) is 5.55. The first-order valence-corrected chi connectivity index (χ1v) is 7.00. The van der Waals surface area contributed by atoms with Gasteiger partial charge < -0.3 is 5.32 Å². The van der Waals surface area contributed by atoms with E-state index in [0.29, 0.717) is 0 Å². The van der Waals surface area contributed by atoms with Crippen molar-refractivity contribution >= 4 is 5.91 Å². The molecule has 2 heteroatoms. The molecule has 0 spiro atoms. The average molecular weight is 245 g/mol. The smallest absolute Gasteiger partial charge is 0.223 e. The number of carbonyl (C=O) groups is 1. The highest BCUT2D eigenvalue weighted by molar-refractivity contribution is 5.78. The van der Waals surface area contributed by atoms with Crippen molar-refractivity contribution in [3.8, 4) is 0 Å². The molecular formula is C16H23NO. The molecule has 1 aliphatic carbocycles. The van der Waals surface area contributed by atoms with Gasteiger partial charge in [-0.15, -0.1) is 0 Å². The van der Waals surface area contributed by atoms with E-state index in [9.17, 15) is 4.79 Å². The zero-order valence-electron chi connectivity index (χ0n) is 11.6. The zero-order valence-corrected chi connectivity index (χ0v) is 11.6. The number of rotatable bonds is 3. The number of amides is 1. The third-order valence-corrected chi connectivity index (χ3v) is 3.76. The molecule has 2 rings (SSSR count). The highest BCUT2D eigenvalue weighted by atomic mass is 16.1. The van der Waals surface area contributed by atoms with Crippen LogP contribution in [0, 0.1) is 5.92 Å². The topological polar surface area (TPSA) is 29.1 Å². The normalized spacial score (nSPS) is 16.2. The second-order valence-electron chi connectivity index (χ2n) is 5.62. The van der Waals surface area contributed by atoms with Gasteiger partial charge in [0.1, 0.15) is 0 Å². The van der Waals surface area contributed by atoms with Crippen molar-refractivity contribution in [2.75, 3.05) is 0 Å². The fraction of sp³-hybridized carbons (Fsp3) is 0.562. The maximum absolute atomic E-state index is 11.7. The predicted octanol–water partition coefficient (Wildman–Crippen LogP) is 3.40. The third-order valence-electron chi connectivity index (χ3n) is 3.76. The van der Waals surface area contributed by atoms with Gasteiger partial charge in [0.15, 0.2) is 0 Å². The van der Waals surface area contributed by atoms with Crippen molar-refractivity contribution < 1.29 is 4.79 Å². The molecule has 0 saturated carbocycles. The highest BCUT2D eigenvalue weighted by Crippen LogP contribution is 2.24. The Morgan fingerprint density at radius 3 is 2.44 bits per heavy atom. The van der Waals surface area contributed by atoms with Gasteiger partial charge in [-0.05, 0) is 49.3 Å². The molecular weight excluding hydrogens is 222 g/mol. The second-order valence-corrected chi connectivity index (χ2v) is 5.62. The first-order valence-electron chi connectivity index (χ1n) is 7.00. The van der Waals surface area contributed by atoms with Crippen LogP contribution in [0.2, 0.25) is 0 Å². The van der Waals surface area contributed by atoms with Crippen LogP contribution in [0.3, 0.4) is 0 Å². The van der Waals surface area contributed by atoms with E-state index in [0.717, 1.165) is 0 Å². The molecule has 0 fully saturated rings.